The van der Waals surface area contributed by atoms with Gasteiger partial charge in [0.2, 0.25) is 0 Å². The highest BCUT2D eigenvalue weighted by Gasteiger charge is 2.46. The fourth-order valence-corrected chi connectivity index (χ4v) is 3.98. The molecule has 24 heavy (non-hydrogen) atoms. The third kappa shape index (κ3) is 2.67. The average Bonchev–Trinajstić information content (AvgIpc) is 2.58. The molecule has 0 N–H and O–H groups in total. The molecule has 0 aromatic heterocycles. The Hall–Kier alpha value is -2.34. The molecule has 0 heteroatoms. The van der Waals surface area contributed by atoms with Crippen LogP contribution >= 0.6 is 0 Å². The highest BCUT2D eigenvalue weighted by Crippen LogP contribution is 2.51. The van der Waals surface area contributed by atoms with E-state index in [0.717, 1.165) is 0 Å². The highest BCUT2D eigenvalue weighted by atomic mass is 14.5. The zero-order chi connectivity index (χ0) is 17.2. The molecule has 0 aliphatic carbocycles. The van der Waals surface area contributed by atoms with Crippen LogP contribution in [0.5, 0.6) is 0 Å². The van der Waals surface area contributed by atoms with Gasteiger partial charge in [-0.2, -0.15) is 0 Å². The van der Waals surface area contributed by atoms with Gasteiger partial charge in [0.1, 0.15) is 0 Å². The lowest BCUT2D eigenvalue weighted by atomic mass is 9.56. The van der Waals surface area contributed by atoms with Crippen LogP contribution in [0.15, 0.2) is 84.9 Å². The van der Waals surface area contributed by atoms with Crippen molar-refractivity contribution < 1.29 is 0 Å². The van der Waals surface area contributed by atoms with Crippen molar-refractivity contribution in [3.05, 3.63) is 107 Å². The van der Waals surface area contributed by atoms with Crippen LogP contribution in [-0.2, 0) is 5.41 Å². The van der Waals surface area contributed by atoms with E-state index in [9.17, 15) is 0 Å². The van der Waals surface area contributed by atoms with E-state index in [4.69, 9.17) is 0 Å². The molecule has 0 saturated carbocycles. The Balaban J connectivity index is 2.40. The fourth-order valence-electron chi connectivity index (χ4n) is 3.98. The van der Waals surface area contributed by atoms with Crippen LogP contribution < -0.4 is 0 Å². The quantitative estimate of drug-likeness (QED) is 0.492. The summed E-state index contributed by atoms with van der Waals surface area (Å²) in [6.45, 7) is 9.17. The van der Waals surface area contributed by atoms with Gasteiger partial charge in [-0.1, -0.05) is 111 Å². The maximum Gasteiger partial charge on any atom is 0.0499 e. The third-order valence-electron chi connectivity index (χ3n) is 5.02. The van der Waals surface area contributed by atoms with E-state index in [-0.39, 0.29) is 10.8 Å². The molecule has 0 aliphatic heterocycles. The summed E-state index contributed by atoms with van der Waals surface area (Å²) in [5.41, 5.74) is 5.15. The molecule has 0 spiro atoms. The van der Waals surface area contributed by atoms with Crippen LogP contribution in [0.3, 0.4) is 0 Å². The summed E-state index contributed by atoms with van der Waals surface area (Å²) in [7, 11) is 0. The maximum absolute atomic E-state index is 2.34. The number of hydrogen-bond donors (Lipinski definition) is 0. The van der Waals surface area contributed by atoms with Crippen LogP contribution in [0.1, 0.15) is 43.0 Å². The molecule has 0 fully saturated rings. The average molecular weight is 314 g/mol. The molecule has 0 bridgehead atoms. The van der Waals surface area contributed by atoms with E-state index in [1.165, 1.54) is 22.3 Å². The summed E-state index contributed by atoms with van der Waals surface area (Å²) in [5.74, 6) is 0. The van der Waals surface area contributed by atoms with Gasteiger partial charge < -0.3 is 0 Å². The smallest absolute Gasteiger partial charge is 0.0499 e. The SMILES string of the molecule is Cc1ccc(C(c2ccccc2)(c2ccccc2)C(C)(C)C)cc1. The topological polar surface area (TPSA) is 0 Å². The molecular formula is C24H26. The van der Waals surface area contributed by atoms with Crippen LogP contribution in [0, 0.1) is 12.3 Å². The van der Waals surface area contributed by atoms with Crippen LogP contribution in [0.2, 0.25) is 0 Å². The van der Waals surface area contributed by atoms with Gasteiger partial charge in [0, 0.05) is 5.41 Å². The van der Waals surface area contributed by atoms with Crippen molar-refractivity contribution in [3.63, 3.8) is 0 Å². The van der Waals surface area contributed by atoms with Crippen molar-refractivity contribution in [2.75, 3.05) is 0 Å². The zero-order valence-corrected chi connectivity index (χ0v) is 15.1. The van der Waals surface area contributed by atoms with Crippen molar-refractivity contribution in [3.8, 4) is 0 Å². The first-order chi connectivity index (χ1) is 11.5. The minimum absolute atomic E-state index is 0.0188. The number of benzene rings is 3. The first-order valence-electron chi connectivity index (χ1n) is 8.64. The van der Waals surface area contributed by atoms with Gasteiger partial charge >= 0.3 is 0 Å². The molecule has 0 amide bonds. The number of hydrogen-bond acceptors (Lipinski definition) is 0. The fraction of sp³-hybridized carbons (Fsp3) is 0.250. The van der Waals surface area contributed by atoms with E-state index in [2.05, 4.69) is 113 Å². The zero-order valence-electron chi connectivity index (χ0n) is 15.1. The minimum Gasteiger partial charge on any atom is -0.0622 e. The Morgan fingerprint density at radius 3 is 1.25 bits per heavy atom. The Bertz CT molecular complexity index is 735. The summed E-state index contributed by atoms with van der Waals surface area (Å²) < 4.78 is 0. The second kappa shape index (κ2) is 6.28. The van der Waals surface area contributed by atoms with Gasteiger partial charge in [-0.25, -0.2) is 0 Å². The first-order valence-corrected chi connectivity index (χ1v) is 8.64. The Morgan fingerprint density at radius 1 is 0.500 bits per heavy atom. The van der Waals surface area contributed by atoms with Gasteiger partial charge in [-0.05, 0) is 29.0 Å². The molecule has 0 heterocycles. The molecule has 0 unspecified atom stereocenters. The van der Waals surface area contributed by atoms with Crippen molar-refractivity contribution in [1.82, 2.24) is 0 Å². The predicted octanol–water partition coefficient (Wildman–Crippen LogP) is 6.38. The molecule has 0 radical (unpaired) electrons. The Morgan fingerprint density at radius 2 is 0.875 bits per heavy atom. The third-order valence-corrected chi connectivity index (χ3v) is 5.02. The molecule has 122 valence electrons. The maximum atomic E-state index is 2.34. The van der Waals surface area contributed by atoms with E-state index in [1.54, 1.807) is 0 Å². The molecule has 3 aromatic rings. The second-order valence-corrected chi connectivity index (χ2v) is 7.60. The summed E-state index contributed by atoms with van der Waals surface area (Å²) >= 11 is 0. The van der Waals surface area contributed by atoms with Crippen LogP contribution in [0.25, 0.3) is 0 Å². The van der Waals surface area contributed by atoms with Gasteiger partial charge in [-0.3, -0.25) is 0 Å². The molecule has 0 saturated heterocycles. The summed E-state index contributed by atoms with van der Waals surface area (Å²) in [6.07, 6.45) is 0. The van der Waals surface area contributed by atoms with Crippen molar-refractivity contribution in [2.45, 2.75) is 33.1 Å². The number of aryl methyl sites for hydroxylation is 1. The number of rotatable bonds is 3. The van der Waals surface area contributed by atoms with Gasteiger partial charge in [0.15, 0.2) is 0 Å². The highest BCUT2D eigenvalue weighted by molar-refractivity contribution is 5.52. The largest absolute Gasteiger partial charge is 0.0622 e. The van der Waals surface area contributed by atoms with E-state index < -0.39 is 0 Å². The van der Waals surface area contributed by atoms with Gasteiger partial charge in [0.05, 0.1) is 0 Å². The molecular weight excluding hydrogens is 288 g/mol. The van der Waals surface area contributed by atoms with E-state index in [1.807, 2.05) is 0 Å². The molecule has 0 aliphatic rings. The second-order valence-electron chi connectivity index (χ2n) is 7.60. The van der Waals surface area contributed by atoms with Crippen LogP contribution in [0.4, 0.5) is 0 Å². The first kappa shape index (κ1) is 16.5. The van der Waals surface area contributed by atoms with E-state index >= 15 is 0 Å². The lowest BCUT2D eigenvalue weighted by molar-refractivity contribution is 0.272. The lowest BCUT2D eigenvalue weighted by Gasteiger charge is -2.47. The Labute approximate surface area is 146 Å². The van der Waals surface area contributed by atoms with E-state index in [0.29, 0.717) is 0 Å². The Kier molecular flexibility index (Phi) is 4.32. The molecule has 3 aromatic carbocycles. The van der Waals surface area contributed by atoms with Crippen molar-refractivity contribution >= 4 is 0 Å². The normalized spacial score (nSPS) is 12.2. The standard InChI is InChI=1S/C24H26/c1-19-15-17-22(18-16-19)24(23(2,3)4,20-11-7-5-8-12-20)21-13-9-6-10-14-21/h5-18H,1-4H3. The van der Waals surface area contributed by atoms with Crippen molar-refractivity contribution in [2.24, 2.45) is 5.41 Å². The van der Waals surface area contributed by atoms with Crippen molar-refractivity contribution in [1.29, 1.82) is 0 Å². The lowest BCUT2D eigenvalue weighted by Crippen LogP contribution is -2.42. The summed E-state index contributed by atoms with van der Waals surface area (Å²) in [6, 6.07) is 30.9. The van der Waals surface area contributed by atoms with Gasteiger partial charge in [0.25, 0.3) is 0 Å². The summed E-state index contributed by atoms with van der Waals surface area (Å²) in [5, 5.41) is 0. The molecule has 3 rings (SSSR count). The predicted molar refractivity (Wildman–Crippen MR) is 103 cm³/mol. The summed E-state index contributed by atoms with van der Waals surface area (Å²) in [4.78, 5) is 0. The molecule has 0 atom stereocenters. The van der Waals surface area contributed by atoms with Gasteiger partial charge in [-0.15, -0.1) is 0 Å². The van der Waals surface area contributed by atoms with Crippen LogP contribution in [-0.4, -0.2) is 0 Å². The monoisotopic (exact) mass is 314 g/mol. The minimum atomic E-state index is -0.191. The molecule has 0 nitrogen and oxygen atoms in total.